The van der Waals surface area contributed by atoms with Crippen molar-refractivity contribution in [2.75, 3.05) is 5.75 Å². The van der Waals surface area contributed by atoms with Crippen LogP contribution in [-0.4, -0.2) is 21.0 Å². The molecule has 4 heteroatoms. The van der Waals surface area contributed by atoms with Gasteiger partial charge >= 0.3 is 0 Å². The minimum atomic E-state index is -0.763. The fraction of sp³-hybridized carbons (Fsp3) is 0.588. The first-order valence-corrected chi connectivity index (χ1v) is 9.89. The second-order valence-corrected chi connectivity index (χ2v) is 8.76. The Balaban J connectivity index is 1.74. The van der Waals surface area contributed by atoms with E-state index in [0.717, 1.165) is 29.3 Å². The number of ketones is 1. The summed E-state index contributed by atoms with van der Waals surface area (Å²) >= 11 is 3.36. The van der Waals surface area contributed by atoms with Gasteiger partial charge in [0.05, 0.1) is 0 Å². The van der Waals surface area contributed by atoms with Gasteiger partial charge in [-0.25, -0.2) is 0 Å². The molecule has 2 nitrogen and oxygen atoms in total. The van der Waals surface area contributed by atoms with Gasteiger partial charge in [0.25, 0.3) is 0 Å². The zero-order valence-electron chi connectivity index (χ0n) is 12.5. The molecule has 3 atom stereocenters. The summed E-state index contributed by atoms with van der Waals surface area (Å²) in [5, 5.41) is 0.358. The smallest absolute Gasteiger partial charge is 0.162 e. The first kappa shape index (κ1) is 16.9. The van der Waals surface area contributed by atoms with Crippen LogP contribution in [0.3, 0.4) is 0 Å². The fourth-order valence-corrected chi connectivity index (χ4v) is 4.94. The number of halogens is 1. The molecule has 0 bridgehead atoms. The average molecular weight is 371 g/mol. The van der Waals surface area contributed by atoms with Gasteiger partial charge in [-0.3, -0.25) is 9.00 Å². The summed E-state index contributed by atoms with van der Waals surface area (Å²) in [5.74, 6) is 1.52. The van der Waals surface area contributed by atoms with Crippen LogP contribution in [0.15, 0.2) is 28.7 Å². The van der Waals surface area contributed by atoms with Gasteiger partial charge in [-0.1, -0.05) is 47.8 Å². The van der Waals surface area contributed by atoms with E-state index in [1.165, 1.54) is 12.8 Å². The molecule has 0 N–H and O–H groups in total. The van der Waals surface area contributed by atoms with Crippen molar-refractivity contribution in [3.63, 3.8) is 0 Å². The second-order valence-electron chi connectivity index (χ2n) is 6.01. The van der Waals surface area contributed by atoms with Gasteiger partial charge in [0.2, 0.25) is 0 Å². The highest BCUT2D eigenvalue weighted by molar-refractivity contribution is 9.10. The second kappa shape index (κ2) is 8.23. The van der Waals surface area contributed by atoms with Crippen LogP contribution in [-0.2, 0) is 10.8 Å². The van der Waals surface area contributed by atoms with Crippen LogP contribution in [0.25, 0.3) is 0 Å². The molecule has 3 unspecified atom stereocenters. The van der Waals surface area contributed by atoms with E-state index in [0.29, 0.717) is 23.3 Å². The zero-order valence-corrected chi connectivity index (χ0v) is 14.9. The molecule has 1 aliphatic rings. The topological polar surface area (TPSA) is 34.1 Å². The Morgan fingerprint density at radius 2 is 2.00 bits per heavy atom. The molecule has 116 valence electrons. The summed E-state index contributed by atoms with van der Waals surface area (Å²) in [5.41, 5.74) is 0.746. The van der Waals surface area contributed by atoms with Crippen molar-refractivity contribution in [1.82, 2.24) is 0 Å². The van der Waals surface area contributed by atoms with E-state index in [2.05, 4.69) is 22.9 Å². The van der Waals surface area contributed by atoms with E-state index in [4.69, 9.17) is 0 Å². The van der Waals surface area contributed by atoms with Gasteiger partial charge in [0.1, 0.15) is 0 Å². The Hall–Kier alpha value is -0.480. The van der Waals surface area contributed by atoms with Crippen LogP contribution in [0.2, 0.25) is 0 Å². The van der Waals surface area contributed by atoms with Crippen LogP contribution in [0.4, 0.5) is 0 Å². The molecule has 1 aliphatic carbocycles. The lowest BCUT2D eigenvalue weighted by atomic mass is 9.91. The highest BCUT2D eigenvalue weighted by Gasteiger charge is 2.23. The lowest BCUT2D eigenvalue weighted by molar-refractivity contribution is 0.0982. The van der Waals surface area contributed by atoms with Gasteiger partial charge < -0.3 is 0 Å². The number of hydrogen-bond donors (Lipinski definition) is 0. The van der Waals surface area contributed by atoms with Gasteiger partial charge in [-0.2, -0.15) is 0 Å². The minimum Gasteiger partial charge on any atom is -0.294 e. The SMILES string of the molecule is CC1CCCC(S(=O)CCCC(=O)c2ccc(Br)cc2)C1. The van der Waals surface area contributed by atoms with Crippen molar-refractivity contribution in [2.24, 2.45) is 5.92 Å². The molecule has 0 amide bonds. The highest BCUT2D eigenvalue weighted by Crippen LogP contribution is 2.27. The molecular weight excluding hydrogens is 348 g/mol. The first-order valence-electron chi connectivity index (χ1n) is 7.72. The minimum absolute atomic E-state index is 0.150. The standard InChI is InChI=1S/C17H23BrO2S/c1-13-4-2-5-16(12-13)21(20)11-3-6-17(19)14-7-9-15(18)10-8-14/h7-10,13,16H,2-6,11-12H2,1H3. The number of benzene rings is 1. The molecule has 0 aliphatic heterocycles. The summed E-state index contributed by atoms with van der Waals surface area (Å²) in [4.78, 5) is 12.1. The van der Waals surface area contributed by atoms with Gasteiger partial charge in [-0.15, -0.1) is 0 Å². The van der Waals surface area contributed by atoms with Crippen LogP contribution >= 0.6 is 15.9 Å². The van der Waals surface area contributed by atoms with E-state index in [-0.39, 0.29) is 5.78 Å². The summed E-state index contributed by atoms with van der Waals surface area (Å²) in [6, 6.07) is 7.45. The van der Waals surface area contributed by atoms with Gasteiger partial charge in [-0.05, 0) is 37.3 Å². The van der Waals surface area contributed by atoms with Gasteiger partial charge in [0.15, 0.2) is 5.78 Å². The summed E-state index contributed by atoms with van der Waals surface area (Å²) < 4.78 is 13.3. The Labute approximate surface area is 138 Å². The first-order chi connectivity index (χ1) is 10.1. The molecule has 21 heavy (non-hydrogen) atoms. The Bertz CT molecular complexity index is 498. The lowest BCUT2D eigenvalue weighted by Crippen LogP contribution is -2.24. The normalized spacial score (nSPS) is 23.7. The maximum atomic E-state index is 12.3. The predicted octanol–water partition coefficient (Wildman–Crippen LogP) is 4.74. The van der Waals surface area contributed by atoms with E-state index in [1.54, 1.807) is 0 Å². The third kappa shape index (κ3) is 5.33. The molecular formula is C17H23BrO2S. The molecule has 2 rings (SSSR count). The fourth-order valence-electron chi connectivity index (χ4n) is 2.94. The van der Waals surface area contributed by atoms with Crippen LogP contribution < -0.4 is 0 Å². The van der Waals surface area contributed by atoms with Crippen molar-refractivity contribution >= 4 is 32.5 Å². The molecule has 1 aromatic carbocycles. The van der Waals surface area contributed by atoms with Crippen molar-refractivity contribution in [1.29, 1.82) is 0 Å². The Morgan fingerprint density at radius 3 is 2.67 bits per heavy atom. The van der Waals surface area contributed by atoms with E-state index in [9.17, 15) is 9.00 Å². The molecule has 0 aromatic heterocycles. The quantitative estimate of drug-likeness (QED) is 0.677. The Kier molecular flexibility index (Phi) is 6.62. The Morgan fingerprint density at radius 1 is 1.29 bits per heavy atom. The molecule has 1 aromatic rings. The number of rotatable bonds is 6. The van der Waals surface area contributed by atoms with Crippen molar-refractivity contribution in [3.05, 3.63) is 34.3 Å². The van der Waals surface area contributed by atoms with Crippen LogP contribution in [0.1, 0.15) is 55.8 Å². The maximum Gasteiger partial charge on any atom is 0.162 e. The van der Waals surface area contributed by atoms with E-state index < -0.39 is 10.8 Å². The zero-order chi connectivity index (χ0) is 15.2. The molecule has 0 spiro atoms. The van der Waals surface area contributed by atoms with E-state index >= 15 is 0 Å². The molecule has 0 radical (unpaired) electrons. The largest absolute Gasteiger partial charge is 0.294 e. The molecule has 1 fully saturated rings. The number of hydrogen-bond acceptors (Lipinski definition) is 2. The van der Waals surface area contributed by atoms with Gasteiger partial charge in [0, 0.05) is 38.3 Å². The third-order valence-electron chi connectivity index (χ3n) is 4.18. The molecule has 0 heterocycles. The van der Waals surface area contributed by atoms with Crippen LogP contribution in [0, 0.1) is 5.92 Å². The number of carbonyl (C=O) groups is 1. The number of carbonyl (C=O) groups excluding carboxylic acids is 1. The third-order valence-corrected chi connectivity index (χ3v) is 6.57. The average Bonchev–Trinajstić information content (AvgIpc) is 2.47. The molecule has 0 saturated heterocycles. The summed E-state index contributed by atoms with van der Waals surface area (Å²) in [6.07, 6.45) is 5.89. The summed E-state index contributed by atoms with van der Waals surface area (Å²) in [6.45, 7) is 2.25. The molecule has 1 saturated carbocycles. The predicted molar refractivity (Wildman–Crippen MR) is 92.1 cm³/mol. The highest BCUT2D eigenvalue weighted by atomic mass is 79.9. The maximum absolute atomic E-state index is 12.3. The lowest BCUT2D eigenvalue weighted by Gasteiger charge is -2.25. The van der Waals surface area contributed by atoms with Crippen molar-refractivity contribution in [2.45, 2.75) is 50.7 Å². The monoisotopic (exact) mass is 370 g/mol. The number of Topliss-reactive ketones (excluding diaryl/α,β-unsaturated/α-hetero) is 1. The van der Waals surface area contributed by atoms with Crippen molar-refractivity contribution in [3.8, 4) is 0 Å². The van der Waals surface area contributed by atoms with Crippen LogP contribution in [0.5, 0.6) is 0 Å². The van der Waals surface area contributed by atoms with E-state index in [1.807, 2.05) is 24.3 Å². The van der Waals surface area contributed by atoms with Crippen molar-refractivity contribution < 1.29 is 9.00 Å². The summed E-state index contributed by atoms with van der Waals surface area (Å²) in [7, 11) is -0.763.